The van der Waals surface area contributed by atoms with Crippen molar-refractivity contribution in [2.24, 2.45) is 11.3 Å². The van der Waals surface area contributed by atoms with Crippen LogP contribution >= 0.6 is 0 Å². The number of hydrogen-bond acceptors (Lipinski definition) is 4. The van der Waals surface area contributed by atoms with Crippen LogP contribution in [0.1, 0.15) is 51.4 Å². The van der Waals surface area contributed by atoms with Crippen molar-refractivity contribution in [3.05, 3.63) is 12.2 Å². The standard InChI is InChI=1S/C18H31NO3/c1-19(2)12-13-22-17(21)14-18(10-4-3-5-11-18)15-6-8-16(20)9-7-15/h4,10,15-16,20H,3,5-9,11-14H2,1-2H3. The van der Waals surface area contributed by atoms with Crippen LogP contribution in [0.5, 0.6) is 0 Å². The Bertz CT molecular complexity index is 386. The first-order valence-electron chi connectivity index (χ1n) is 8.68. The Kier molecular flexibility index (Phi) is 6.45. The number of nitrogens with zero attached hydrogens (tertiary/aromatic N) is 1. The van der Waals surface area contributed by atoms with Gasteiger partial charge in [0.1, 0.15) is 6.61 Å². The summed E-state index contributed by atoms with van der Waals surface area (Å²) in [7, 11) is 3.96. The van der Waals surface area contributed by atoms with Crippen molar-refractivity contribution in [2.45, 2.75) is 57.5 Å². The van der Waals surface area contributed by atoms with Crippen LogP contribution in [0.3, 0.4) is 0 Å². The second-order valence-corrected chi connectivity index (χ2v) is 7.23. The summed E-state index contributed by atoms with van der Waals surface area (Å²) >= 11 is 0. The van der Waals surface area contributed by atoms with Gasteiger partial charge in [0.25, 0.3) is 0 Å². The molecule has 2 aliphatic carbocycles. The molecule has 0 amide bonds. The molecular weight excluding hydrogens is 278 g/mol. The minimum absolute atomic E-state index is 0.0341. The highest BCUT2D eigenvalue weighted by molar-refractivity contribution is 5.70. The van der Waals surface area contributed by atoms with Crippen LogP contribution in [0.4, 0.5) is 0 Å². The first kappa shape index (κ1) is 17.5. The number of aliphatic hydroxyl groups is 1. The lowest BCUT2D eigenvalue weighted by molar-refractivity contribution is -0.147. The van der Waals surface area contributed by atoms with Gasteiger partial charge in [-0.15, -0.1) is 0 Å². The Balaban J connectivity index is 1.95. The molecule has 4 nitrogen and oxygen atoms in total. The fourth-order valence-corrected chi connectivity index (χ4v) is 3.89. The maximum Gasteiger partial charge on any atom is 0.306 e. The normalized spacial score (nSPS) is 32.2. The van der Waals surface area contributed by atoms with Crippen LogP contribution < -0.4 is 0 Å². The molecule has 22 heavy (non-hydrogen) atoms. The van der Waals surface area contributed by atoms with E-state index in [1.165, 1.54) is 0 Å². The van der Waals surface area contributed by atoms with E-state index in [1.54, 1.807) is 0 Å². The Morgan fingerprint density at radius 1 is 1.32 bits per heavy atom. The average molecular weight is 309 g/mol. The van der Waals surface area contributed by atoms with Crippen LogP contribution in [0.2, 0.25) is 0 Å². The number of rotatable bonds is 6. The van der Waals surface area contributed by atoms with Crippen LogP contribution in [0, 0.1) is 11.3 Å². The summed E-state index contributed by atoms with van der Waals surface area (Å²) in [5.74, 6) is 0.438. The number of allylic oxidation sites excluding steroid dienone is 2. The fourth-order valence-electron chi connectivity index (χ4n) is 3.89. The van der Waals surface area contributed by atoms with Gasteiger partial charge >= 0.3 is 5.97 Å². The Labute approximate surface area is 134 Å². The van der Waals surface area contributed by atoms with E-state index in [-0.39, 0.29) is 17.5 Å². The molecule has 1 unspecified atom stereocenters. The summed E-state index contributed by atoms with van der Waals surface area (Å²) < 4.78 is 5.43. The van der Waals surface area contributed by atoms with E-state index in [1.807, 2.05) is 19.0 Å². The molecule has 2 rings (SSSR count). The number of carbonyl (C=O) groups is 1. The predicted molar refractivity (Wildman–Crippen MR) is 87.5 cm³/mol. The second kappa shape index (κ2) is 8.11. The van der Waals surface area contributed by atoms with Crippen LogP contribution in [0.15, 0.2) is 12.2 Å². The van der Waals surface area contributed by atoms with E-state index < -0.39 is 0 Å². The van der Waals surface area contributed by atoms with Gasteiger partial charge in [0.2, 0.25) is 0 Å². The lowest BCUT2D eigenvalue weighted by atomic mass is 9.62. The quantitative estimate of drug-likeness (QED) is 0.605. The third-order valence-corrected chi connectivity index (χ3v) is 5.25. The molecule has 1 fully saturated rings. The van der Waals surface area contributed by atoms with Gasteiger partial charge in [-0.1, -0.05) is 12.2 Å². The number of hydrogen-bond donors (Lipinski definition) is 1. The third kappa shape index (κ3) is 4.82. The van der Waals surface area contributed by atoms with Crippen molar-refractivity contribution in [2.75, 3.05) is 27.2 Å². The van der Waals surface area contributed by atoms with Gasteiger partial charge in [0.15, 0.2) is 0 Å². The van der Waals surface area contributed by atoms with E-state index >= 15 is 0 Å². The predicted octanol–water partition coefficient (Wildman–Crippen LogP) is 2.76. The van der Waals surface area contributed by atoms with Crippen LogP contribution in [0.25, 0.3) is 0 Å². The van der Waals surface area contributed by atoms with Gasteiger partial charge < -0.3 is 14.7 Å². The molecule has 0 spiro atoms. The summed E-state index contributed by atoms with van der Waals surface area (Å²) in [4.78, 5) is 14.3. The lowest BCUT2D eigenvalue weighted by Crippen LogP contribution is -2.37. The topological polar surface area (TPSA) is 49.8 Å². The van der Waals surface area contributed by atoms with Crippen molar-refractivity contribution in [1.29, 1.82) is 0 Å². The highest BCUT2D eigenvalue weighted by Crippen LogP contribution is 2.47. The number of aliphatic hydroxyl groups excluding tert-OH is 1. The summed E-state index contributed by atoms with van der Waals surface area (Å²) in [5.41, 5.74) is -0.0341. The molecule has 1 saturated carbocycles. The molecule has 1 atom stereocenters. The molecule has 0 radical (unpaired) electrons. The number of ether oxygens (including phenoxy) is 1. The smallest absolute Gasteiger partial charge is 0.306 e. The van der Waals surface area contributed by atoms with Gasteiger partial charge in [-0.25, -0.2) is 0 Å². The SMILES string of the molecule is CN(C)CCOC(=O)CC1(C2CCC(O)CC2)C=CCCC1. The molecule has 4 heteroatoms. The number of esters is 1. The average Bonchev–Trinajstić information content (AvgIpc) is 2.48. The zero-order valence-electron chi connectivity index (χ0n) is 14.1. The van der Waals surface area contributed by atoms with Crippen LogP contribution in [-0.2, 0) is 9.53 Å². The summed E-state index contributed by atoms with van der Waals surface area (Å²) in [6.07, 6.45) is 12.0. The molecule has 1 N–H and O–H groups in total. The maximum atomic E-state index is 12.3. The molecule has 0 aliphatic heterocycles. The summed E-state index contributed by atoms with van der Waals surface area (Å²) in [6.45, 7) is 1.24. The van der Waals surface area contributed by atoms with E-state index in [4.69, 9.17) is 4.74 Å². The second-order valence-electron chi connectivity index (χ2n) is 7.23. The van der Waals surface area contributed by atoms with Gasteiger partial charge in [-0.2, -0.15) is 0 Å². The van der Waals surface area contributed by atoms with E-state index in [0.29, 0.717) is 18.9 Å². The molecule has 0 aromatic heterocycles. The van der Waals surface area contributed by atoms with E-state index in [2.05, 4.69) is 12.2 Å². The maximum absolute atomic E-state index is 12.3. The highest BCUT2D eigenvalue weighted by atomic mass is 16.5. The zero-order chi connectivity index (χ0) is 16.0. The van der Waals surface area contributed by atoms with E-state index in [0.717, 1.165) is 51.5 Å². The summed E-state index contributed by atoms with van der Waals surface area (Å²) in [5, 5.41) is 9.74. The van der Waals surface area contributed by atoms with Crippen LogP contribution in [-0.4, -0.2) is 49.3 Å². The molecule has 0 aromatic carbocycles. The first-order chi connectivity index (χ1) is 10.5. The molecule has 0 bridgehead atoms. The first-order valence-corrected chi connectivity index (χ1v) is 8.68. The van der Waals surface area contributed by atoms with Crippen molar-refractivity contribution in [3.63, 3.8) is 0 Å². The van der Waals surface area contributed by atoms with Gasteiger partial charge in [-0.05, 0) is 65.0 Å². The van der Waals surface area contributed by atoms with Gasteiger partial charge in [-0.3, -0.25) is 4.79 Å². The lowest BCUT2D eigenvalue weighted by Gasteiger charge is -2.42. The molecule has 0 heterocycles. The number of carbonyl (C=O) groups excluding carboxylic acids is 1. The van der Waals surface area contributed by atoms with Crippen molar-refractivity contribution in [3.8, 4) is 0 Å². The summed E-state index contributed by atoms with van der Waals surface area (Å²) in [6, 6.07) is 0. The van der Waals surface area contributed by atoms with Crippen molar-refractivity contribution >= 4 is 5.97 Å². The monoisotopic (exact) mass is 309 g/mol. The molecular formula is C18H31NO3. The third-order valence-electron chi connectivity index (χ3n) is 5.25. The van der Waals surface area contributed by atoms with E-state index in [9.17, 15) is 9.90 Å². The van der Waals surface area contributed by atoms with Gasteiger partial charge in [0, 0.05) is 12.0 Å². The minimum Gasteiger partial charge on any atom is -0.464 e. The molecule has 126 valence electrons. The zero-order valence-corrected chi connectivity index (χ0v) is 14.1. The molecule has 2 aliphatic rings. The fraction of sp³-hybridized carbons (Fsp3) is 0.833. The Morgan fingerprint density at radius 3 is 2.64 bits per heavy atom. The molecule has 0 saturated heterocycles. The van der Waals surface area contributed by atoms with Crippen molar-refractivity contribution in [1.82, 2.24) is 4.90 Å². The largest absolute Gasteiger partial charge is 0.464 e. The highest BCUT2D eigenvalue weighted by Gasteiger charge is 2.41. The minimum atomic E-state index is -0.145. The van der Waals surface area contributed by atoms with Crippen molar-refractivity contribution < 1.29 is 14.6 Å². The number of likely N-dealkylation sites (N-methyl/N-ethyl adjacent to an activating group) is 1. The van der Waals surface area contributed by atoms with Gasteiger partial charge in [0.05, 0.1) is 12.5 Å². The Morgan fingerprint density at radius 2 is 2.05 bits per heavy atom. The Hall–Kier alpha value is -0.870. The molecule has 0 aromatic rings.